The van der Waals surface area contributed by atoms with Crippen LogP contribution in [-0.2, 0) is 22.5 Å². The van der Waals surface area contributed by atoms with Crippen molar-refractivity contribution < 1.29 is 19.4 Å². The van der Waals surface area contributed by atoms with Crippen molar-refractivity contribution >= 4 is 12.1 Å². The van der Waals surface area contributed by atoms with Crippen molar-refractivity contribution in [2.75, 3.05) is 20.1 Å². The number of ether oxygens (including phenoxy) is 1. The second-order valence-corrected chi connectivity index (χ2v) is 5.98. The van der Waals surface area contributed by atoms with E-state index in [0.717, 1.165) is 12.0 Å². The smallest absolute Gasteiger partial charge is 0.410 e. The van der Waals surface area contributed by atoms with E-state index in [9.17, 15) is 9.59 Å². The molecule has 22 heavy (non-hydrogen) atoms. The minimum atomic E-state index is -0.868. The summed E-state index contributed by atoms with van der Waals surface area (Å²) >= 11 is 0. The highest BCUT2D eigenvalue weighted by Crippen LogP contribution is 2.22. The van der Waals surface area contributed by atoms with E-state index < -0.39 is 12.0 Å². The van der Waals surface area contributed by atoms with Crippen molar-refractivity contribution in [1.29, 1.82) is 0 Å². The Morgan fingerprint density at radius 1 is 1.27 bits per heavy atom. The predicted molar refractivity (Wildman–Crippen MR) is 79.5 cm³/mol. The number of aliphatic carboxylic acids is 1. The molecule has 2 atom stereocenters. The number of rotatable bonds is 2. The Hall–Kier alpha value is -2.08. The monoisotopic (exact) mass is 304 g/mol. The first-order valence-corrected chi connectivity index (χ1v) is 7.50. The number of benzene rings is 1. The number of likely N-dealkylation sites (tertiary alicyclic amines) is 1. The summed E-state index contributed by atoms with van der Waals surface area (Å²) in [5, 5.41) is 9.10. The van der Waals surface area contributed by atoms with Gasteiger partial charge in [0.1, 0.15) is 12.1 Å². The number of hydrogen-bond acceptors (Lipinski definition) is 4. The standard InChI is InChI=1S/C16H20N2O4/c1-17-10-13(8-14(17)15(19)20)22-16(21)18-7-6-11-4-2-3-5-12(11)9-18/h2-5,13-14H,6-10H2,1H3,(H,19,20)/t13-,14+/m0/s1. The van der Waals surface area contributed by atoms with E-state index >= 15 is 0 Å². The topological polar surface area (TPSA) is 70.1 Å². The summed E-state index contributed by atoms with van der Waals surface area (Å²) in [6.07, 6.45) is 0.477. The van der Waals surface area contributed by atoms with E-state index in [1.807, 2.05) is 18.2 Å². The molecule has 118 valence electrons. The average Bonchev–Trinajstić information content (AvgIpc) is 2.87. The largest absolute Gasteiger partial charge is 0.480 e. The maximum Gasteiger partial charge on any atom is 0.410 e. The third-order valence-corrected chi connectivity index (χ3v) is 4.45. The molecular formula is C16H20N2O4. The van der Waals surface area contributed by atoms with Crippen LogP contribution in [0.4, 0.5) is 4.79 Å². The molecule has 1 aromatic rings. The second kappa shape index (κ2) is 5.96. The fourth-order valence-electron chi connectivity index (χ4n) is 3.20. The van der Waals surface area contributed by atoms with Crippen LogP contribution in [0, 0.1) is 0 Å². The highest BCUT2D eigenvalue weighted by atomic mass is 16.6. The maximum absolute atomic E-state index is 12.3. The summed E-state index contributed by atoms with van der Waals surface area (Å²) in [5.41, 5.74) is 2.43. The Morgan fingerprint density at radius 3 is 2.68 bits per heavy atom. The van der Waals surface area contributed by atoms with Crippen LogP contribution in [0.3, 0.4) is 0 Å². The molecular weight excluding hydrogens is 284 g/mol. The van der Waals surface area contributed by atoms with Crippen molar-refractivity contribution in [3.05, 3.63) is 35.4 Å². The lowest BCUT2D eigenvalue weighted by Gasteiger charge is -2.29. The molecule has 0 bridgehead atoms. The predicted octanol–water partition coefficient (Wildman–Crippen LogP) is 1.34. The summed E-state index contributed by atoms with van der Waals surface area (Å²) in [6.45, 7) is 1.66. The third kappa shape index (κ3) is 2.92. The Labute approximate surface area is 129 Å². The van der Waals surface area contributed by atoms with Gasteiger partial charge in [-0.15, -0.1) is 0 Å². The summed E-state index contributed by atoms with van der Waals surface area (Å²) in [5.74, 6) is -0.868. The summed E-state index contributed by atoms with van der Waals surface area (Å²) in [6, 6.07) is 7.52. The molecule has 0 saturated carbocycles. The van der Waals surface area contributed by atoms with Crippen LogP contribution in [0.15, 0.2) is 24.3 Å². The molecule has 1 fully saturated rings. The molecule has 2 aliphatic rings. The lowest BCUT2D eigenvalue weighted by Crippen LogP contribution is -2.38. The molecule has 6 heteroatoms. The number of likely N-dealkylation sites (N-methyl/N-ethyl adjacent to an activating group) is 1. The third-order valence-electron chi connectivity index (χ3n) is 4.45. The van der Waals surface area contributed by atoms with Crippen LogP contribution in [-0.4, -0.2) is 59.3 Å². The summed E-state index contributed by atoms with van der Waals surface area (Å²) in [7, 11) is 1.74. The van der Waals surface area contributed by atoms with Crippen LogP contribution < -0.4 is 0 Å². The fourth-order valence-corrected chi connectivity index (χ4v) is 3.20. The zero-order valence-corrected chi connectivity index (χ0v) is 12.6. The minimum Gasteiger partial charge on any atom is -0.480 e. The van der Waals surface area contributed by atoms with Gasteiger partial charge in [0.25, 0.3) is 0 Å². The fraction of sp³-hybridized carbons (Fsp3) is 0.500. The zero-order chi connectivity index (χ0) is 15.7. The van der Waals surface area contributed by atoms with Crippen LogP contribution in [0.1, 0.15) is 17.5 Å². The van der Waals surface area contributed by atoms with Gasteiger partial charge in [0.2, 0.25) is 0 Å². The van der Waals surface area contributed by atoms with E-state index in [0.29, 0.717) is 26.1 Å². The van der Waals surface area contributed by atoms with Crippen molar-refractivity contribution in [2.45, 2.75) is 31.5 Å². The molecule has 0 radical (unpaired) electrons. The molecule has 0 spiro atoms. The van der Waals surface area contributed by atoms with Crippen LogP contribution >= 0.6 is 0 Å². The van der Waals surface area contributed by atoms with E-state index in [2.05, 4.69) is 6.07 Å². The van der Waals surface area contributed by atoms with Crippen LogP contribution in [0.2, 0.25) is 0 Å². The Bertz CT molecular complexity index is 589. The Morgan fingerprint density at radius 2 is 2.00 bits per heavy atom. The molecule has 2 heterocycles. The number of hydrogen-bond donors (Lipinski definition) is 1. The van der Waals surface area contributed by atoms with Crippen LogP contribution in [0.25, 0.3) is 0 Å². The number of fused-ring (bicyclic) bond motifs is 1. The van der Waals surface area contributed by atoms with Crippen LogP contribution in [0.5, 0.6) is 0 Å². The molecule has 3 rings (SSSR count). The van der Waals surface area contributed by atoms with E-state index in [1.165, 1.54) is 5.56 Å². The number of amides is 1. The Kier molecular flexibility index (Phi) is 4.02. The molecule has 1 amide bonds. The number of carboxylic acid groups (broad SMARTS) is 1. The van der Waals surface area contributed by atoms with Gasteiger partial charge < -0.3 is 14.7 Å². The van der Waals surface area contributed by atoms with E-state index in [-0.39, 0.29) is 12.2 Å². The van der Waals surface area contributed by atoms with Gasteiger partial charge in [-0.3, -0.25) is 9.69 Å². The van der Waals surface area contributed by atoms with E-state index in [4.69, 9.17) is 9.84 Å². The number of carbonyl (C=O) groups is 2. The SMILES string of the molecule is CN1C[C@@H](OC(=O)N2CCc3ccccc3C2)C[C@@H]1C(=O)O. The number of carboxylic acids is 1. The number of carbonyl (C=O) groups excluding carboxylic acids is 1. The molecule has 0 unspecified atom stereocenters. The van der Waals surface area contributed by atoms with Crippen molar-refractivity contribution in [3.63, 3.8) is 0 Å². The van der Waals surface area contributed by atoms with Gasteiger partial charge in [-0.1, -0.05) is 24.3 Å². The first-order chi connectivity index (χ1) is 10.5. The average molecular weight is 304 g/mol. The highest BCUT2D eigenvalue weighted by Gasteiger charge is 2.37. The van der Waals surface area contributed by atoms with Gasteiger partial charge in [0.15, 0.2) is 0 Å². The number of nitrogens with zero attached hydrogens (tertiary/aromatic N) is 2. The van der Waals surface area contributed by atoms with Gasteiger partial charge in [-0.05, 0) is 24.6 Å². The summed E-state index contributed by atoms with van der Waals surface area (Å²) < 4.78 is 5.50. The Balaban J connectivity index is 1.59. The van der Waals surface area contributed by atoms with Crippen molar-refractivity contribution in [3.8, 4) is 0 Å². The van der Waals surface area contributed by atoms with Crippen molar-refractivity contribution in [1.82, 2.24) is 9.80 Å². The van der Waals surface area contributed by atoms with Gasteiger partial charge in [0, 0.05) is 26.1 Å². The molecule has 1 N–H and O–H groups in total. The first-order valence-electron chi connectivity index (χ1n) is 7.50. The lowest BCUT2D eigenvalue weighted by molar-refractivity contribution is -0.141. The van der Waals surface area contributed by atoms with Gasteiger partial charge in [0.05, 0.1) is 0 Å². The first kappa shape index (κ1) is 14.8. The minimum absolute atomic E-state index is 0.348. The van der Waals surface area contributed by atoms with Gasteiger partial charge in [-0.25, -0.2) is 4.79 Å². The maximum atomic E-state index is 12.3. The molecule has 0 aliphatic carbocycles. The molecule has 6 nitrogen and oxygen atoms in total. The molecule has 2 aliphatic heterocycles. The van der Waals surface area contributed by atoms with Gasteiger partial charge in [-0.2, -0.15) is 0 Å². The second-order valence-electron chi connectivity index (χ2n) is 5.98. The van der Waals surface area contributed by atoms with Crippen molar-refractivity contribution in [2.24, 2.45) is 0 Å². The normalized spacial score (nSPS) is 24.9. The van der Waals surface area contributed by atoms with E-state index in [1.54, 1.807) is 16.8 Å². The molecule has 0 aromatic heterocycles. The highest BCUT2D eigenvalue weighted by molar-refractivity contribution is 5.74. The quantitative estimate of drug-likeness (QED) is 0.893. The molecule has 1 saturated heterocycles. The lowest BCUT2D eigenvalue weighted by atomic mass is 10.0. The zero-order valence-electron chi connectivity index (χ0n) is 12.6. The van der Waals surface area contributed by atoms with Gasteiger partial charge >= 0.3 is 12.1 Å². The molecule has 1 aromatic carbocycles. The summed E-state index contributed by atoms with van der Waals surface area (Å²) in [4.78, 5) is 26.8.